The maximum Gasteiger partial charge on any atom is 0.246 e. The molecule has 20 heavy (non-hydrogen) atoms. The van der Waals surface area contributed by atoms with Crippen LogP contribution in [0.4, 0.5) is 0 Å². The van der Waals surface area contributed by atoms with Crippen molar-refractivity contribution >= 4 is 23.1 Å². The number of aromatic nitrogens is 1. The molecule has 3 rings (SSSR count). The Hall–Kier alpha value is -2.14. The summed E-state index contributed by atoms with van der Waals surface area (Å²) in [6.45, 7) is 1.45. The summed E-state index contributed by atoms with van der Waals surface area (Å²) >= 11 is 0. The van der Waals surface area contributed by atoms with Gasteiger partial charge in [0.2, 0.25) is 11.8 Å². The van der Waals surface area contributed by atoms with E-state index in [1.54, 1.807) is 11.0 Å². The second-order valence-corrected chi connectivity index (χ2v) is 4.97. The van der Waals surface area contributed by atoms with Crippen LogP contribution in [0.5, 0.6) is 0 Å². The molecule has 1 unspecified atom stereocenters. The molecule has 1 aromatic heterocycles. The third-order valence-corrected chi connectivity index (χ3v) is 3.53. The van der Waals surface area contributed by atoms with Crippen LogP contribution in [0.25, 0.3) is 17.2 Å². The molecule has 1 N–H and O–H groups in total. The van der Waals surface area contributed by atoms with Gasteiger partial charge in [0.25, 0.3) is 0 Å². The maximum absolute atomic E-state index is 12.0. The van der Waals surface area contributed by atoms with Crippen molar-refractivity contribution in [1.29, 1.82) is 0 Å². The lowest BCUT2D eigenvalue weighted by molar-refractivity contribution is -0.125. The van der Waals surface area contributed by atoms with Crippen molar-refractivity contribution in [2.24, 2.45) is 5.92 Å². The normalized spacial score (nSPS) is 19.2. The van der Waals surface area contributed by atoms with Crippen LogP contribution in [0.3, 0.4) is 0 Å². The number of oxazole rings is 1. The number of nitrogens with zero attached hydrogens (tertiary/aromatic N) is 2. The smallest absolute Gasteiger partial charge is 0.246 e. The number of carbonyl (C=O) groups is 1. The predicted octanol–water partition coefficient (Wildman–Crippen LogP) is 1.68. The van der Waals surface area contributed by atoms with Crippen LogP contribution < -0.4 is 0 Å². The third-order valence-electron chi connectivity index (χ3n) is 3.53. The first-order chi connectivity index (χ1) is 9.76. The quantitative estimate of drug-likeness (QED) is 0.863. The molecule has 0 spiro atoms. The van der Waals surface area contributed by atoms with Crippen molar-refractivity contribution in [3.63, 3.8) is 0 Å². The van der Waals surface area contributed by atoms with Crippen LogP contribution in [-0.4, -0.2) is 40.6 Å². The summed E-state index contributed by atoms with van der Waals surface area (Å²) in [5.41, 5.74) is 1.49. The summed E-state index contributed by atoms with van der Waals surface area (Å²) in [7, 11) is 0. The molecule has 1 aromatic carbocycles. The molecule has 1 amide bonds. The fourth-order valence-corrected chi connectivity index (χ4v) is 2.39. The Balaban J connectivity index is 1.69. The molecule has 1 atom stereocenters. The average molecular weight is 272 g/mol. The van der Waals surface area contributed by atoms with Crippen LogP contribution in [0.2, 0.25) is 0 Å². The highest BCUT2D eigenvalue weighted by atomic mass is 16.3. The summed E-state index contributed by atoms with van der Waals surface area (Å²) < 4.78 is 5.51. The highest BCUT2D eigenvalue weighted by molar-refractivity contribution is 5.91. The Morgan fingerprint density at radius 1 is 1.50 bits per heavy atom. The summed E-state index contributed by atoms with van der Waals surface area (Å²) in [4.78, 5) is 18.0. The lowest BCUT2D eigenvalue weighted by Crippen LogP contribution is -2.27. The topological polar surface area (TPSA) is 66.6 Å². The van der Waals surface area contributed by atoms with Gasteiger partial charge in [-0.1, -0.05) is 12.1 Å². The van der Waals surface area contributed by atoms with E-state index in [-0.39, 0.29) is 18.4 Å². The number of aliphatic hydroxyl groups is 1. The molecular weight excluding hydrogens is 256 g/mol. The second kappa shape index (κ2) is 5.46. The van der Waals surface area contributed by atoms with Crippen molar-refractivity contribution in [3.05, 3.63) is 36.2 Å². The Kier molecular flexibility index (Phi) is 3.52. The first-order valence-corrected chi connectivity index (χ1v) is 6.69. The molecule has 2 heterocycles. The Morgan fingerprint density at radius 2 is 2.35 bits per heavy atom. The van der Waals surface area contributed by atoms with Crippen molar-refractivity contribution in [2.45, 2.75) is 6.42 Å². The monoisotopic (exact) mass is 272 g/mol. The van der Waals surface area contributed by atoms with Crippen LogP contribution in [-0.2, 0) is 4.79 Å². The minimum atomic E-state index is -0.0665. The third kappa shape index (κ3) is 2.58. The van der Waals surface area contributed by atoms with Gasteiger partial charge >= 0.3 is 0 Å². The van der Waals surface area contributed by atoms with Gasteiger partial charge in [-0.05, 0) is 18.6 Å². The summed E-state index contributed by atoms with van der Waals surface area (Å²) in [5.74, 6) is 0.567. The van der Waals surface area contributed by atoms with E-state index in [0.717, 1.165) is 11.9 Å². The molecule has 0 saturated carbocycles. The van der Waals surface area contributed by atoms with Gasteiger partial charge in [-0.25, -0.2) is 4.98 Å². The van der Waals surface area contributed by atoms with Crippen molar-refractivity contribution in [3.8, 4) is 0 Å². The van der Waals surface area contributed by atoms with Gasteiger partial charge in [0.1, 0.15) is 5.52 Å². The average Bonchev–Trinajstić information content (AvgIpc) is 3.10. The van der Waals surface area contributed by atoms with E-state index in [1.165, 1.54) is 6.08 Å². The van der Waals surface area contributed by atoms with E-state index in [1.807, 2.05) is 24.3 Å². The molecule has 0 radical (unpaired) electrons. The van der Waals surface area contributed by atoms with Crippen LogP contribution in [0.15, 0.2) is 34.8 Å². The number of likely N-dealkylation sites (tertiary alicyclic amines) is 1. The van der Waals surface area contributed by atoms with Crippen LogP contribution >= 0.6 is 0 Å². The number of amides is 1. The minimum absolute atomic E-state index is 0.0665. The highest BCUT2D eigenvalue weighted by Crippen LogP contribution is 2.17. The molecular formula is C15H16N2O3. The predicted molar refractivity (Wildman–Crippen MR) is 74.8 cm³/mol. The fraction of sp³-hybridized carbons (Fsp3) is 0.333. The highest BCUT2D eigenvalue weighted by Gasteiger charge is 2.24. The maximum atomic E-state index is 12.0. The second-order valence-electron chi connectivity index (χ2n) is 4.97. The van der Waals surface area contributed by atoms with E-state index < -0.39 is 0 Å². The minimum Gasteiger partial charge on any atom is -0.437 e. The fourth-order valence-electron chi connectivity index (χ4n) is 2.39. The number of benzene rings is 1. The van der Waals surface area contributed by atoms with Gasteiger partial charge < -0.3 is 14.4 Å². The van der Waals surface area contributed by atoms with Gasteiger partial charge in [0.15, 0.2) is 5.58 Å². The van der Waals surface area contributed by atoms with Crippen molar-refractivity contribution < 1.29 is 14.3 Å². The Bertz CT molecular complexity index is 614. The number of hydrogen-bond acceptors (Lipinski definition) is 4. The Labute approximate surface area is 116 Å². The zero-order valence-corrected chi connectivity index (χ0v) is 11.0. The van der Waals surface area contributed by atoms with Gasteiger partial charge in [-0.2, -0.15) is 0 Å². The number of carbonyl (C=O) groups excluding carboxylic acids is 1. The first-order valence-electron chi connectivity index (χ1n) is 6.69. The molecule has 104 valence electrons. The molecule has 5 nitrogen and oxygen atoms in total. The molecule has 2 aromatic rings. The number of para-hydroxylation sites is 2. The zero-order chi connectivity index (χ0) is 13.9. The van der Waals surface area contributed by atoms with Gasteiger partial charge in [0, 0.05) is 37.8 Å². The molecule has 0 aliphatic carbocycles. The molecule has 0 bridgehead atoms. The van der Waals surface area contributed by atoms with E-state index in [4.69, 9.17) is 9.52 Å². The number of hydrogen-bond donors (Lipinski definition) is 1. The van der Waals surface area contributed by atoms with E-state index in [9.17, 15) is 4.79 Å². The first kappa shape index (κ1) is 12.9. The summed E-state index contributed by atoms with van der Waals surface area (Å²) in [6, 6.07) is 7.48. The number of aliphatic hydroxyl groups excluding tert-OH is 1. The van der Waals surface area contributed by atoms with Crippen molar-refractivity contribution in [2.75, 3.05) is 19.7 Å². The Morgan fingerprint density at radius 3 is 3.10 bits per heavy atom. The van der Waals surface area contributed by atoms with Gasteiger partial charge in [0.05, 0.1) is 0 Å². The van der Waals surface area contributed by atoms with E-state index >= 15 is 0 Å². The number of fused-ring (bicyclic) bond motifs is 1. The van der Waals surface area contributed by atoms with Crippen molar-refractivity contribution in [1.82, 2.24) is 9.88 Å². The van der Waals surface area contributed by atoms with Crippen LogP contribution in [0.1, 0.15) is 12.3 Å². The lowest BCUT2D eigenvalue weighted by atomic mass is 10.1. The standard InChI is InChI=1S/C15H16N2O3/c18-10-11-7-8-17(9-11)15(19)6-5-14-16-12-3-1-2-4-13(12)20-14/h1-6,11,18H,7-10H2. The lowest BCUT2D eigenvalue weighted by Gasteiger charge is -2.12. The summed E-state index contributed by atoms with van der Waals surface area (Å²) in [5, 5.41) is 9.07. The van der Waals surface area contributed by atoms with Gasteiger partial charge in [-0.3, -0.25) is 4.79 Å². The molecule has 1 saturated heterocycles. The SMILES string of the molecule is O=C(C=Cc1nc2ccccc2o1)N1CCC(CO)C1. The summed E-state index contributed by atoms with van der Waals surface area (Å²) in [6.07, 6.45) is 3.93. The van der Waals surface area contributed by atoms with Gasteiger partial charge in [-0.15, -0.1) is 0 Å². The molecule has 1 aliphatic rings. The largest absolute Gasteiger partial charge is 0.437 e. The molecule has 5 heteroatoms. The van der Waals surface area contributed by atoms with E-state index in [0.29, 0.717) is 24.6 Å². The zero-order valence-electron chi connectivity index (χ0n) is 11.0. The van der Waals surface area contributed by atoms with E-state index in [2.05, 4.69) is 4.98 Å². The molecule has 1 fully saturated rings. The number of rotatable bonds is 3. The molecule has 1 aliphatic heterocycles. The van der Waals surface area contributed by atoms with Crippen LogP contribution in [0, 0.1) is 5.92 Å².